The number of hydrogen-bond acceptors (Lipinski definition) is 3. The van der Waals surface area contributed by atoms with E-state index >= 15 is 0 Å². The average Bonchev–Trinajstić information content (AvgIpc) is 3.21. The predicted octanol–water partition coefficient (Wildman–Crippen LogP) is 5.78. The third-order valence-corrected chi connectivity index (χ3v) is 7.43. The first-order valence-corrected chi connectivity index (χ1v) is 13.1. The maximum atomic E-state index is 13.0. The highest BCUT2D eigenvalue weighted by Crippen LogP contribution is 2.28. The second kappa shape index (κ2) is 11.8. The van der Waals surface area contributed by atoms with E-state index in [0.29, 0.717) is 6.54 Å². The summed E-state index contributed by atoms with van der Waals surface area (Å²) < 4.78 is 2.27. The van der Waals surface area contributed by atoms with Crippen LogP contribution in [-0.4, -0.2) is 54.6 Å². The van der Waals surface area contributed by atoms with Crippen LogP contribution in [0.5, 0.6) is 0 Å². The molecule has 0 saturated carbocycles. The summed E-state index contributed by atoms with van der Waals surface area (Å²) in [6.45, 7) is 13.0. The molecule has 3 aromatic rings. The Kier molecular flexibility index (Phi) is 8.53. The Bertz CT molecular complexity index is 1130. The standard InChI is InChI=1S/C29H37ClN4O/c1-4-15-34-23(3)25(21-28(34)24-10-6-5-7-11-24)29(35)31-14-9-16-32-17-19-33(20-18-32)27-13-8-12-26(30)22(27)2/h5-8,10-13,21H,4,9,14-20H2,1-3H3,(H,31,35). The largest absolute Gasteiger partial charge is 0.369 e. The van der Waals surface area contributed by atoms with Gasteiger partial charge in [0.25, 0.3) is 5.91 Å². The van der Waals surface area contributed by atoms with Gasteiger partial charge < -0.3 is 14.8 Å². The van der Waals surface area contributed by atoms with Gasteiger partial charge in [0.05, 0.1) is 5.56 Å². The van der Waals surface area contributed by atoms with Crippen molar-refractivity contribution in [1.29, 1.82) is 0 Å². The highest BCUT2D eigenvalue weighted by molar-refractivity contribution is 6.31. The number of nitrogens with one attached hydrogen (secondary N) is 1. The van der Waals surface area contributed by atoms with Crippen molar-refractivity contribution in [2.24, 2.45) is 0 Å². The minimum atomic E-state index is 0.0239. The summed E-state index contributed by atoms with van der Waals surface area (Å²) in [5.74, 6) is 0.0239. The third kappa shape index (κ3) is 5.91. The van der Waals surface area contributed by atoms with E-state index in [4.69, 9.17) is 11.6 Å². The molecule has 0 spiro atoms. The molecule has 1 N–H and O–H groups in total. The van der Waals surface area contributed by atoms with E-state index in [-0.39, 0.29) is 5.91 Å². The molecule has 2 aromatic carbocycles. The number of carbonyl (C=O) groups is 1. The quantitative estimate of drug-likeness (QED) is 0.385. The molecular formula is C29H37ClN4O. The first-order chi connectivity index (χ1) is 17.0. The second-order valence-electron chi connectivity index (χ2n) is 9.37. The van der Waals surface area contributed by atoms with Crippen LogP contribution in [0, 0.1) is 13.8 Å². The normalized spacial score (nSPS) is 14.3. The molecule has 1 fully saturated rings. The van der Waals surface area contributed by atoms with Gasteiger partial charge in [-0.05, 0) is 62.6 Å². The van der Waals surface area contributed by atoms with Crippen LogP contribution in [0.3, 0.4) is 0 Å². The molecule has 1 aliphatic heterocycles. The zero-order valence-corrected chi connectivity index (χ0v) is 21.9. The van der Waals surface area contributed by atoms with Crippen molar-refractivity contribution >= 4 is 23.2 Å². The Hall–Kier alpha value is -2.76. The Balaban J connectivity index is 1.27. The summed E-state index contributed by atoms with van der Waals surface area (Å²) in [5, 5.41) is 3.99. The molecule has 0 atom stereocenters. The lowest BCUT2D eigenvalue weighted by Crippen LogP contribution is -2.47. The molecule has 1 saturated heterocycles. The summed E-state index contributed by atoms with van der Waals surface area (Å²) in [7, 11) is 0. The Morgan fingerprint density at radius 2 is 1.71 bits per heavy atom. The number of hydrogen-bond donors (Lipinski definition) is 1. The van der Waals surface area contributed by atoms with E-state index in [9.17, 15) is 4.79 Å². The fraction of sp³-hybridized carbons (Fsp3) is 0.414. The van der Waals surface area contributed by atoms with Crippen LogP contribution in [0.4, 0.5) is 5.69 Å². The molecule has 2 heterocycles. The van der Waals surface area contributed by atoms with Crippen LogP contribution >= 0.6 is 11.6 Å². The molecular weight excluding hydrogens is 456 g/mol. The van der Waals surface area contributed by atoms with Crippen molar-refractivity contribution in [2.75, 3.05) is 44.2 Å². The maximum Gasteiger partial charge on any atom is 0.253 e. The SMILES string of the molecule is CCCn1c(-c2ccccc2)cc(C(=O)NCCCN2CCN(c3cccc(Cl)c3C)CC2)c1C. The molecule has 35 heavy (non-hydrogen) atoms. The van der Waals surface area contributed by atoms with Gasteiger partial charge in [0.15, 0.2) is 0 Å². The van der Waals surface area contributed by atoms with Gasteiger partial charge in [0.1, 0.15) is 0 Å². The van der Waals surface area contributed by atoms with Crippen LogP contribution in [0.25, 0.3) is 11.3 Å². The van der Waals surface area contributed by atoms with E-state index in [1.54, 1.807) is 0 Å². The van der Waals surface area contributed by atoms with E-state index < -0.39 is 0 Å². The van der Waals surface area contributed by atoms with Gasteiger partial charge in [-0.2, -0.15) is 0 Å². The number of benzene rings is 2. The van der Waals surface area contributed by atoms with Crippen LogP contribution in [0.1, 0.15) is 41.4 Å². The molecule has 0 bridgehead atoms. The molecule has 0 radical (unpaired) electrons. The van der Waals surface area contributed by atoms with Crippen molar-refractivity contribution < 1.29 is 4.79 Å². The van der Waals surface area contributed by atoms with Crippen LogP contribution < -0.4 is 10.2 Å². The molecule has 6 heteroatoms. The van der Waals surface area contributed by atoms with Gasteiger partial charge in [-0.15, -0.1) is 0 Å². The second-order valence-corrected chi connectivity index (χ2v) is 9.78. The van der Waals surface area contributed by atoms with Crippen molar-refractivity contribution in [2.45, 2.75) is 40.2 Å². The van der Waals surface area contributed by atoms with Gasteiger partial charge in [-0.3, -0.25) is 9.69 Å². The number of anilines is 1. The molecule has 5 nitrogen and oxygen atoms in total. The lowest BCUT2D eigenvalue weighted by atomic mass is 10.1. The predicted molar refractivity (Wildman–Crippen MR) is 147 cm³/mol. The van der Waals surface area contributed by atoms with Gasteiger partial charge >= 0.3 is 0 Å². The summed E-state index contributed by atoms with van der Waals surface area (Å²) in [5.41, 5.74) is 6.48. The van der Waals surface area contributed by atoms with Crippen molar-refractivity contribution in [3.05, 3.63) is 76.4 Å². The van der Waals surface area contributed by atoms with Gasteiger partial charge in [0.2, 0.25) is 0 Å². The lowest BCUT2D eigenvalue weighted by Gasteiger charge is -2.37. The zero-order valence-electron chi connectivity index (χ0n) is 21.2. The van der Waals surface area contributed by atoms with Gasteiger partial charge in [-0.25, -0.2) is 0 Å². The average molecular weight is 493 g/mol. The number of carbonyl (C=O) groups excluding carboxylic acids is 1. The maximum absolute atomic E-state index is 13.0. The molecule has 186 valence electrons. The Morgan fingerprint density at radius 1 is 0.971 bits per heavy atom. The van der Waals surface area contributed by atoms with E-state index in [1.165, 1.54) is 5.69 Å². The molecule has 1 aliphatic rings. The number of halogens is 1. The number of piperazine rings is 1. The molecule has 1 amide bonds. The van der Waals surface area contributed by atoms with Crippen LogP contribution in [0.2, 0.25) is 5.02 Å². The summed E-state index contributed by atoms with van der Waals surface area (Å²) in [6, 6.07) is 18.5. The number of aromatic nitrogens is 1. The lowest BCUT2D eigenvalue weighted by molar-refractivity contribution is 0.0950. The van der Waals surface area contributed by atoms with Crippen molar-refractivity contribution in [1.82, 2.24) is 14.8 Å². The van der Waals surface area contributed by atoms with Crippen LogP contribution in [-0.2, 0) is 6.54 Å². The first-order valence-electron chi connectivity index (χ1n) is 12.8. The Labute approximate surface area is 214 Å². The van der Waals surface area contributed by atoms with E-state index in [1.807, 2.05) is 36.4 Å². The minimum Gasteiger partial charge on any atom is -0.369 e. The molecule has 0 unspecified atom stereocenters. The molecule has 4 rings (SSSR count). The van der Waals surface area contributed by atoms with E-state index in [2.05, 4.69) is 58.7 Å². The number of nitrogens with zero attached hydrogens (tertiary/aromatic N) is 3. The van der Waals surface area contributed by atoms with Gasteiger partial charge in [-0.1, -0.05) is 54.9 Å². The topological polar surface area (TPSA) is 40.5 Å². The Morgan fingerprint density at radius 3 is 2.43 bits per heavy atom. The third-order valence-electron chi connectivity index (χ3n) is 7.02. The summed E-state index contributed by atoms with van der Waals surface area (Å²) in [6.07, 6.45) is 1.97. The smallest absolute Gasteiger partial charge is 0.253 e. The monoisotopic (exact) mass is 492 g/mol. The van der Waals surface area contributed by atoms with Crippen molar-refractivity contribution in [3.63, 3.8) is 0 Å². The summed E-state index contributed by atoms with van der Waals surface area (Å²) in [4.78, 5) is 17.9. The molecule has 0 aliphatic carbocycles. The van der Waals surface area contributed by atoms with Gasteiger partial charge in [0, 0.05) is 61.4 Å². The fourth-order valence-electron chi connectivity index (χ4n) is 4.99. The summed E-state index contributed by atoms with van der Waals surface area (Å²) >= 11 is 6.31. The van der Waals surface area contributed by atoms with E-state index in [0.717, 1.165) is 85.2 Å². The number of rotatable bonds is 9. The number of amides is 1. The highest BCUT2D eigenvalue weighted by atomic mass is 35.5. The van der Waals surface area contributed by atoms with Crippen LogP contribution in [0.15, 0.2) is 54.6 Å². The fourth-order valence-corrected chi connectivity index (χ4v) is 5.16. The molecule has 1 aromatic heterocycles. The minimum absolute atomic E-state index is 0.0239. The van der Waals surface area contributed by atoms with Crippen molar-refractivity contribution in [3.8, 4) is 11.3 Å². The highest BCUT2D eigenvalue weighted by Gasteiger charge is 2.20. The zero-order chi connectivity index (χ0) is 24.8. The first kappa shape index (κ1) is 25.3.